The van der Waals surface area contributed by atoms with Crippen LogP contribution in [-0.2, 0) is 4.74 Å². The molecule has 0 aromatic heterocycles. The molecular formula is C16H33NO. The van der Waals surface area contributed by atoms with E-state index in [-0.39, 0.29) is 5.60 Å². The molecule has 1 N–H and O–H groups in total. The standard InChI is InChI=1S/C16H33NO/c1-14(2)9-12-18-16(13-17-15(3)4)10-7-5-6-8-11-16/h14-15,17H,5-13H2,1-4H3. The van der Waals surface area contributed by atoms with Crippen LogP contribution < -0.4 is 5.32 Å². The normalized spacial score (nSPS) is 20.3. The molecule has 0 amide bonds. The summed E-state index contributed by atoms with van der Waals surface area (Å²) in [5.41, 5.74) is 0.121. The Bertz CT molecular complexity index is 205. The fourth-order valence-electron chi connectivity index (χ4n) is 2.65. The van der Waals surface area contributed by atoms with Crippen LogP contribution in [0.3, 0.4) is 0 Å². The van der Waals surface area contributed by atoms with Gasteiger partial charge in [-0.3, -0.25) is 0 Å². The lowest BCUT2D eigenvalue weighted by Gasteiger charge is -2.34. The van der Waals surface area contributed by atoms with E-state index in [0.29, 0.717) is 6.04 Å². The van der Waals surface area contributed by atoms with Crippen LogP contribution >= 0.6 is 0 Å². The minimum absolute atomic E-state index is 0.121. The van der Waals surface area contributed by atoms with Gasteiger partial charge in [-0.2, -0.15) is 0 Å². The lowest BCUT2D eigenvalue weighted by Crippen LogP contribution is -2.45. The summed E-state index contributed by atoms with van der Waals surface area (Å²) in [5, 5.41) is 3.60. The summed E-state index contributed by atoms with van der Waals surface area (Å²) in [7, 11) is 0. The van der Waals surface area contributed by atoms with E-state index in [1.807, 2.05) is 0 Å². The van der Waals surface area contributed by atoms with Crippen LogP contribution in [0.25, 0.3) is 0 Å². The Morgan fingerprint density at radius 3 is 2.11 bits per heavy atom. The van der Waals surface area contributed by atoms with E-state index < -0.39 is 0 Å². The van der Waals surface area contributed by atoms with E-state index in [1.54, 1.807) is 0 Å². The lowest BCUT2D eigenvalue weighted by atomic mass is 9.93. The number of hydrogen-bond donors (Lipinski definition) is 1. The molecule has 0 aromatic rings. The summed E-state index contributed by atoms with van der Waals surface area (Å²) in [6.07, 6.45) is 9.11. The Morgan fingerprint density at radius 2 is 1.61 bits per heavy atom. The van der Waals surface area contributed by atoms with Crippen LogP contribution in [0.15, 0.2) is 0 Å². The van der Waals surface area contributed by atoms with Crippen LogP contribution in [0, 0.1) is 5.92 Å². The third kappa shape index (κ3) is 6.19. The Hall–Kier alpha value is -0.0800. The van der Waals surface area contributed by atoms with Crippen molar-refractivity contribution in [3.05, 3.63) is 0 Å². The third-order valence-corrected chi connectivity index (χ3v) is 3.95. The maximum atomic E-state index is 6.35. The van der Waals surface area contributed by atoms with Crippen LogP contribution in [-0.4, -0.2) is 24.8 Å². The molecule has 1 aliphatic carbocycles. The molecule has 18 heavy (non-hydrogen) atoms. The molecule has 1 saturated carbocycles. The van der Waals surface area contributed by atoms with Gasteiger partial charge >= 0.3 is 0 Å². The molecule has 2 nitrogen and oxygen atoms in total. The van der Waals surface area contributed by atoms with Crippen LogP contribution in [0.2, 0.25) is 0 Å². The average Bonchev–Trinajstić information content (AvgIpc) is 2.52. The lowest BCUT2D eigenvalue weighted by molar-refractivity contribution is -0.0594. The molecule has 1 fully saturated rings. The van der Waals surface area contributed by atoms with Crippen LogP contribution in [0.5, 0.6) is 0 Å². The first-order valence-corrected chi connectivity index (χ1v) is 7.91. The highest BCUT2D eigenvalue weighted by Gasteiger charge is 2.31. The molecule has 0 unspecified atom stereocenters. The summed E-state index contributed by atoms with van der Waals surface area (Å²) >= 11 is 0. The second-order valence-corrected chi connectivity index (χ2v) is 6.66. The maximum absolute atomic E-state index is 6.35. The number of hydrogen-bond acceptors (Lipinski definition) is 2. The molecule has 1 aliphatic rings. The predicted molar refractivity (Wildman–Crippen MR) is 79.0 cm³/mol. The topological polar surface area (TPSA) is 21.3 Å². The number of rotatable bonds is 7. The molecule has 0 radical (unpaired) electrons. The molecule has 2 heteroatoms. The molecule has 0 bridgehead atoms. The second kappa shape index (κ2) is 8.16. The highest BCUT2D eigenvalue weighted by Crippen LogP contribution is 2.30. The van der Waals surface area contributed by atoms with Crippen molar-refractivity contribution in [1.29, 1.82) is 0 Å². The van der Waals surface area contributed by atoms with Crippen molar-refractivity contribution < 1.29 is 4.74 Å². The largest absolute Gasteiger partial charge is 0.374 e. The highest BCUT2D eigenvalue weighted by molar-refractivity contribution is 4.86. The Labute approximate surface area is 114 Å². The van der Waals surface area contributed by atoms with Gasteiger partial charge in [0.1, 0.15) is 0 Å². The Morgan fingerprint density at radius 1 is 1.00 bits per heavy atom. The van der Waals surface area contributed by atoms with Gasteiger partial charge in [-0.25, -0.2) is 0 Å². The van der Waals surface area contributed by atoms with E-state index in [0.717, 1.165) is 19.1 Å². The first-order valence-electron chi connectivity index (χ1n) is 7.91. The van der Waals surface area contributed by atoms with Crippen molar-refractivity contribution in [2.75, 3.05) is 13.2 Å². The first kappa shape index (κ1) is 16.0. The molecule has 0 saturated heterocycles. The SMILES string of the molecule is CC(C)CCOC1(CNC(C)C)CCCCCC1. The smallest absolute Gasteiger partial charge is 0.0806 e. The molecule has 0 aliphatic heterocycles. The van der Waals surface area contributed by atoms with Gasteiger partial charge < -0.3 is 10.1 Å². The summed E-state index contributed by atoms with van der Waals surface area (Å²) < 4.78 is 6.35. The van der Waals surface area contributed by atoms with Crippen molar-refractivity contribution in [2.24, 2.45) is 5.92 Å². The zero-order chi connectivity index (χ0) is 13.4. The van der Waals surface area contributed by atoms with E-state index in [4.69, 9.17) is 4.74 Å². The van der Waals surface area contributed by atoms with Crippen LogP contribution in [0.4, 0.5) is 0 Å². The third-order valence-electron chi connectivity index (χ3n) is 3.95. The Balaban J connectivity index is 2.48. The predicted octanol–water partition coefficient (Wildman–Crippen LogP) is 4.14. The summed E-state index contributed by atoms with van der Waals surface area (Å²) in [5.74, 6) is 0.742. The van der Waals surface area contributed by atoms with Crippen LogP contribution in [0.1, 0.15) is 72.6 Å². The Kier molecular flexibility index (Phi) is 7.25. The van der Waals surface area contributed by atoms with E-state index in [2.05, 4.69) is 33.0 Å². The quantitative estimate of drug-likeness (QED) is 0.690. The summed E-state index contributed by atoms with van der Waals surface area (Å²) in [6.45, 7) is 10.9. The first-order chi connectivity index (χ1) is 8.54. The fourth-order valence-corrected chi connectivity index (χ4v) is 2.65. The molecule has 108 valence electrons. The molecule has 0 spiro atoms. The van der Waals surface area contributed by atoms with Crippen molar-refractivity contribution in [3.8, 4) is 0 Å². The number of nitrogens with one attached hydrogen (secondary N) is 1. The molecule has 0 atom stereocenters. The molecular weight excluding hydrogens is 222 g/mol. The van der Waals surface area contributed by atoms with Gasteiger partial charge in [0.2, 0.25) is 0 Å². The minimum Gasteiger partial charge on any atom is -0.374 e. The van der Waals surface area contributed by atoms with Gasteiger partial charge in [0.15, 0.2) is 0 Å². The van der Waals surface area contributed by atoms with Gasteiger partial charge in [0.25, 0.3) is 0 Å². The van der Waals surface area contributed by atoms with Gasteiger partial charge in [-0.15, -0.1) is 0 Å². The van der Waals surface area contributed by atoms with E-state index in [1.165, 1.54) is 44.9 Å². The number of ether oxygens (including phenoxy) is 1. The zero-order valence-corrected chi connectivity index (χ0v) is 12.9. The van der Waals surface area contributed by atoms with E-state index in [9.17, 15) is 0 Å². The van der Waals surface area contributed by atoms with Gasteiger partial charge in [-0.05, 0) is 25.2 Å². The minimum atomic E-state index is 0.121. The molecule has 1 rings (SSSR count). The van der Waals surface area contributed by atoms with Crippen molar-refractivity contribution in [1.82, 2.24) is 5.32 Å². The van der Waals surface area contributed by atoms with Crippen molar-refractivity contribution in [2.45, 2.75) is 84.3 Å². The van der Waals surface area contributed by atoms with Crippen molar-refractivity contribution >= 4 is 0 Å². The highest BCUT2D eigenvalue weighted by atomic mass is 16.5. The maximum Gasteiger partial charge on any atom is 0.0806 e. The molecule has 0 heterocycles. The zero-order valence-electron chi connectivity index (χ0n) is 12.9. The summed E-state index contributed by atoms with van der Waals surface area (Å²) in [6, 6.07) is 0.554. The monoisotopic (exact) mass is 255 g/mol. The van der Waals surface area contributed by atoms with Gasteiger partial charge in [0, 0.05) is 19.2 Å². The summed E-state index contributed by atoms with van der Waals surface area (Å²) in [4.78, 5) is 0. The van der Waals surface area contributed by atoms with Crippen molar-refractivity contribution in [3.63, 3.8) is 0 Å². The van der Waals surface area contributed by atoms with Gasteiger partial charge in [0.05, 0.1) is 5.60 Å². The van der Waals surface area contributed by atoms with Gasteiger partial charge in [-0.1, -0.05) is 53.4 Å². The second-order valence-electron chi connectivity index (χ2n) is 6.66. The average molecular weight is 255 g/mol. The molecule has 0 aromatic carbocycles. The fraction of sp³-hybridized carbons (Fsp3) is 1.00. The van der Waals surface area contributed by atoms with E-state index >= 15 is 0 Å².